The molecule has 0 radical (unpaired) electrons. The first kappa shape index (κ1) is 10.9. The quantitative estimate of drug-likeness (QED) is 0.813. The van der Waals surface area contributed by atoms with E-state index in [1.165, 1.54) is 0 Å². The van der Waals surface area contributed by atoms with Crippen molar-refractivity contribution in [2.75, 3.05) is 13.7 Å². The van der Waals surface area contributed by atoms with Gasteiger partial charge in [-0.25, -0.2) is 0 Å². The van der Waals surface area contributed by atoms with Gasteiger partial charge in [0.1, 0.15) is 11.3 Å². The number of nitrogens with two attached hydrogens (primary N) is 1. The van der Waals surface area contributed by atoms with Gasteiger partial charge in [-0.15, -0.1) is 0 Å². The van der Waals surface area contributed by atoms with E-state index in [0.717, 1.165) is 16.5 Å². The molecule has 0 bridgehead atoms. The Kier molecular flexibility index (Phi) is 3.03. The fraction of sp³-hybridized carbons (Fsp3) is 0.250. The average molecular weight is 218 g/mol. The van der Waals surface area contributed by atoms with Crippen LogP contribution in [0.3, 0.4) is 0 Å². The Morgan fingerprint density at radius 3 is 2.94 bits per heavy atom. The highest BCUT2D eigenvalue weighted by Crippen LogP contribution is 2.28. The summed E-state index contributed by atoms with van der Waals surface area (Å²) in [6.07, 6.45) is 1.71. The highest BCUT2D eigenvalue weighted by Gasteiger charge is 2.11. The highest BCUT2D eigenvalue weighted by atomic mass is 16.5. The van der Waals surface area contributed by atoms with Crippen molar-refractivity contribution in [2.45, 2.75) is 6.04 Å². The second-order valence-corrected chi connectivity index (χ2v) is 3.55. The Bertz CT molecular complexity index is 499. The van der Waals surface area contributed by atoms with E-state index in [2.05, 4.69) is 4.98 Å². The van der Waals surface area contributed by atoms with E-state index in [-0.39, 0.29) is 6.61 Å². The van der Waals surface area contributed by atoms with Gasteiger partial charge in [-0.2, -0.15) is 0 Å². The molecule has 2 rings (SSSR count). The molecule has 0 spiro atoms. The van der Waals surface area contributed by atoms with E-state index < -0.39 is 6.04 Å². The van der Waals surface area contributed by atoms with Crippen LogP contribution in [0, 0.1) is 0 Å². The predicted octanol–water partition coefficient (Wildman–Crippen LogP) is 1.24. The van der Waals surface area contributed by atoms with Crippen LogP contribution < -0.4 is 10.5 Å². The number of aliphatic hydroxyl groups excluding tert-OH is 1. The summed E-state index contributed by atoms with van der Waals surface area (Å²) in [5.41, 5.74) is 7.48. The lowest BCUT2D eigenvalue weighted by Crippen LogP contribution is -2.15. The molecule has 3 N–H and O–H groups in total. The molecule has 1 aromatic carbocycles. The van der Waals surface area contributed by atoms with Gasteiger partial charge in [0.05, 0.1) is 19.8 Å². The molecule has 4 nitrogen and oxygen atoms in total. The van der Waals surface area contributed by atoms with Crippen LogP contribution in [-0.4, -0.2) is 23.8 Å². The summed E-state index contributed by atoms with van der Waals surface area (Å²) >= 11 is 0. The number of nitrogens with zero attached hydrogens (tertiary/aromatic N) is 1. The Labute approximate surface area is 93.7 Å². The molecule has 0 aliphatic heterocycles. The van der Waals surface area contributed by atoms with E-state index in [0.29, 0.717) is 5.75 Å². The summed E-state index contributed by atoms with van der Waals surface area (Å²) in [5.74, 6) is 0.712. The van der Waals surface area contributed by atoms with Crippen LogP contribution in [0.4, 0.5) is 0 Å². The molecule has 84 valence electrons. The Morgan fingerprint density at radius 1 is 1.44 bits per heavy atom. The maximum Gasteiger partial charge on any atom is 0.145 e. The molecule has 0 fully saturated rings. The van der Waals surface area contributed by atoms with Gasteiger partial charge in [-0.05, 0) is 17.7 Å². The second kappa shape index (κ2) is 4.47. The molecular formula is C12H14N2O2. The summed E-state index contributed by atoms with van der Waals surface area (Å²) < 4.78 is 5.23. The molecule has 0 saturated carbocycles. The van der Waals surface area contributed by atoms with E-state index in [1.807, 2.05) is 24.3 Å². The zero-order chi connectivity index (χ0) is 11.5. The lowest BCUT2D eigenvalue weighted by Gasteiger charge is -2.13. The minimum Gasteiger partial charge on any atom is -0.494 e. The summed E-state index contributed by atoms with van der Waals surface area (Å²) in [7, 11) is 1.61. The van der Waals surface area contributed by atoms with Gasteiger partial charge < -0.3 is 15.6 Å². The number of rotatable bonds is 3. The van der Waals surface area contributed by atoms with Gasteiger partial charge in [0.15, 0.2) is 0 Å². The van der Waals surface area contributed by atoms with Crippen LogP contribution in [0.1, 0.15) is 11.6 Å². The third kappa shape index (κ3) is 1.73. The van der Waals surface area contributed by atoms with E-state index >= 15 is 0 Å². The molecule has 2 aromatic rings. The third-order valence-electron chi connectivity index (χ3n) is 2.58. The normalized spacial score (nSPS) is 12.7. The van der Waals surface area contributed by atoms with Crippen LogP contribution in [0.2, 0.25) is 0 Å². The molecule has 0 saturated heterocycles. The molecule has 0 amide bonds. The van der Waals surface area contributed by atoms with Crippen molar-refractivity contribution in [3.8, 4) is 5.75 Å². The van der Waals surface area contributed by atoms with Crippen molar-refractivity contribution >= 4 is 10.9 Å². The van der Waals surface area contributed by atoms with Crippen molar-refractivity contribution in [1.29, 1.82) is 0 Å². The van der Waals surface area contributed by atoms with Gasteiger partial charge in [0, 0.05) is 11.6 Å². The number of aromatic nitrogens is 1. The van der Waals surface area contributed by atoms with E-state index in [1.54, 1.807) is 13.3 Å². The van der Waals surface area contributed by atoms with Crippen molar-refractivity contribution in [3.63, 3.8) is 0 Å². The summed E-state index contributed by atoms with van der Waals surface area (Å²) in [5, 5.41) is 10.0. The summed E-state index contributed by atoms with van der Waals surface area (Å²) in [4.78, 5) is 4.27. The molecule has 1 aromatic heterocycles. The minimum atomic E-state index is -0.391. The van der Waals surface area contributed by atoms with Gasteiger partial charge in [0.2, 0.25) is 0 Å². The van der Waals surface area contributed by atoms with E-state index in [4.69, 9.17) is 15.6 Å². The number of hydrogen-bond donors (Lipinski definition) is 2. The minimum absolute atomic E-state index is 0.0870. The smallest absolute Gasteiger partial charge is 0.145 e. The van der Waals surface area contributed by atoms with Crippen LogP contribution in [0.15, 0.2) is 30.5 Å². The topological polar surface area (TPSA) is 68.4 Å². The van der Waals surface area contributed by atoms with Crippen molar-refractivity contribution in [1.82, 2.24) is 4.98 Å². The standard InChI is InChI=1S/C12H14N2O2/c1-16-11-5-4-8(10(13)7-15)9-3-2-6-14-12(9)11/h2-6,10,15H,7,13H2,1H3/t10-/m0/s1. The lowest BCUT2D eigenvalue weighted by atomic mass is 10.0. The molecule has 1 atom stereocenters. The van der Waals surface area contributed by atoms with Crippen LogP contribution in [-0.2, 0) is 0 Å². The number of pyridine rings is 1. The monoisotopic (exact) mass is 218 g/mol. The van der Waals surface area contributed by atoms with Gasteiger partial charge in [-0.3, -0.25) is 4.98 Å². The van der Waals surface area contributed by atoms with Gasteiger partial charge in [0.25, 0.3) is 0 Å². The first-order valence-corrected chi connectivity index (χ1v) is 5.06. The number of fused-ring (bicyclic) bond motifs is 1. The van der Waals surface area contributed by atoms with Crippen molar-refractivity contribution < 1.29 is 9.84 Å². The summed E-state index contributed by atoms with van der Waals surface area (Å²) in [6.45, 7) is -0.0870. The van der Waals surface area contributed by atoms with Crippen molar-refractivity contribution in [3.05, 3.63) is 36.0 Å². The maximum absolute atomic E-state index is 9.10. The van der Waals surface area contributed by atoms with Crippen LogP contribution in [0.5, 0.6) is 5.75 Å². The molecule has 16 heavy (non-hydrogen) atoms. The second-order valence-electron chi connectivity index (χ2n) is 3.55. The zero-order valence-electron chi connectivity index (χ0n) is 9.05. The average Bonchev–Trinajstić information content (AvgIpc) is 2.36. The first-order chi connectivity index (χ1) is 7.77. The van der Waals surface area contributed by atoms with Gasteiger partial charge in [-0.1, -0.05) is 12.1 Å². The molecule has 0 aliphatic rings. The predicted molar refractivity (Wildman–Crippen MR) is 62.3 cm³/mol. The molecule has 4 heteroatoms. The number of benzene rings is 1. The number of hydrogen-bond acceptors (Lipinski definition) is 4. The SMILES string of the molecule is COc1ccc([C@@H](N)CO)c2cccnc12. The fourth-order valence-corrected chi connectivity index (χ4v) is 1.76. The Balaban J connectivity index is 2.69. The lowest BCUT2D eigenvalue weighted by molar-refractivity contribution is 0.268. The van der Waals surface area contributed by atoms with E-state index in [9.17, 15) is 0 Å². The molecule has 1 heterocycles. The number of aliphatic hydroxyl groups is 1. The Morgan fingerprint density at radius 2 is 2.25 bits per heavy atom. The Hall–Kier alpha value is -1.65. The van der Waals surface area contributed by atoms with Crippen LogP contribution in [0.25, 0.3) is 10.9 Å². The largest absolute Gasteiger partial charge is 0.494 e. The third-order valence-corrected chi connectivity index (χ3v) is 2.58. The number of methoxy groups -OCH3 is 1. The number of ether oxygens (including phenoxy) is 1. The molecular weight excluding hydrogens is 204 g/mol. The fourth-order valence-electron chi connectivity index (χ4n) is 1.76. The highest BCUT2D eigenvalue weighted by molar-refractivity contribution is 5.87. The summed E-state index contributed by atoms with van der Waals surface area (Å²) in [6, 6.07) is 7.06. The first-order valence-electron chi connectivity index (χ1n) is 5.06. The maximum atomic E-state index is 9.10. The molecule has 0 unspecified atom stereocenters. The van der Waals surface area contributed by atoms with Crippen molar-refractivity contribution in [2.24, 2.45) is 5.73 Å². The molecule has 0 aliphatic carbocycles. The van der Waals surface area contributed by atoms with Crippen LogP contribution >= 0.6 is 0 Å². The zero-order valence-corrected chi connectivity index (χ0v) is 9.05. The van der Waals surface area contributed by atoms with Gasteiger partial charge >= 0.3 is 0 Å².